The fourth-order valence-corrected chi connectivity index (χ4v) is 7.45. The van der Waals surface area contributed by atoms with Crippen LogP contribution in [0.4, 0.5) is 0 Å². The molecule has 0 bridgehead atoms. The maximum absolute atomic E-state index is 10.8. The number of hydrogen-bond donors (Lipinski definition) is 2. The van der Waals surface area contributed by atoms with Gasteiger partial charge >= 0.3 is 0 Å². The Hall–Kier alpha value is -0.123. The SMILES string of the molecule is CCC(O)(CC)/C(=C/CO)[Si](CC)(CC)CC. The van der Waals surface area contributed by atoms with E-state index in [-0.39, 0.29) is 6.61 Å². The van der Waals surface area contributed by atoms with Crippen LogP contribution in [0.1, 0.15) is 47.5 Å². The molecule has 0 unspecified atom stereocenters. The summed E-state index contributed by atoms with van der Waals surface area (Å²) in [6.45, 7) is 10.8. The topological polar surface area (TPSA) is 40.5 Å². The molecule has 0 aromatic heterocycles. The van der Waals surface area contributed by atoms with Gasteiger partial charge in [-0.3, -0.25) is 0 Å². The summed E-state index contributed by atoms with van der Waals surface area (Å²) in [4.78, 5) is 0. The molecule has 102 valence electrons. The summed E-state index contributed by atoms with van der Waals surface area (Å²) in [5, 5.41) is 21.3. The van der Waals surface area contributed by atoms with E-state index in [4.69, 9.17) is 0 Å². The molecule has 3 heteroatoms. The van der Waals surface area contributed by atoms with Gasteiger partial charge in [0.05, 0.1) is 20.3 Å². The lowest BCUT2D eigenvalue weighted by molar-refractivity contribution is 0.0753. The van der Waals surface area contributed by atoms with Crippen molar-refractivity contribution >= 4 is 8.07 Å². The minimum Gasteiger partial charge on any atom is -0.392 e. The zero-order valence-electron chi connectivity index (χ0n) is 12.2. The second-order valence-corrected chi connectivity index (χ2v) is 10.1. The molecule has 0 aliphatic carbocycles. The van der Waals surface area contributed by atoms with Gasteiger partial charge in [0.25, 0.3) is 0 Å². The predicted molar refractivity (Wildman–Crippen MR) is 77.9 cm³/mol. The highest BCUT2D eigenvalue weighted by Gasteiger charge is 2.41. The third-order valence-corrected chi connectivity index (χ3v) is 10.4. The molecular formula is C14H30O2Si. The molecule has 0 aromatic rings. The fraction of sp³-hybridized carbons (Fsp3) is 0.857. The molecule has 0 aliphatic heterocycles. The van der Waals surface area contributed by atoms with E-state index in [1.807, 2.05) is 19.9 Å². The first-order valence-corrected chi connectivity index (χ1v) is 9.66. The van der Waals surface area contributed by atoms with Crippen LogP contribution in [0, 0.1) is 0 Å². The largest absolute Gasteiger partial charge is 0.392 e. The second kappa shape index (κ2) is 7.34. The lowest BCUT2D eigenvalue weighted by Crippen LogP contribution is -2.47. The van der Waals surface area contributed by atoms with Gasteiger partial charge in [0.2, 0.25) is 0 Å². The quantitative estimate of drug-likeness (QED) is 0.654. The average molecular weight is 258 g/mol. The van der Waals surface area contributed by atoms with E-state index < -0.39 is 13.7 Å². The molecule has 17 heavy (non-hydrogen) atoms. The van der Waals surface area contributed by atoms with Gasteiger partial charge in [0.15, 0.2) is 0 Å². The van der Waals surface area contributed by atoms with E-state index in [1.165, 1.54) is 5.20 Å². The van der Waals surface area contributed by atoms with Crippen molar-refractivity contribution in [2.45, 2.75) is 71.2 Å². The maximum Gasteiger partial charge on any atom is 0.0841 e. The Morgan fingerprint density at radius 1 is 1.00 bits per heavy atom. The van der Waals surface area contributed by atoms with E-state index in [9.17, 15) is 10.2 Å². The van der Waals surface area contributed by atoms with Gasteiger partial charge in [0.1, 0.15) is 0 Å². The van der Waals surface area contributed by atoms with Crippen LogP contribution in [0.5, 0.6) is 0 Å². The molecule has 0 aromatic carbocycles. The Balaban J connectivity index is 5.57. The van der Waals surface area contributed by atoms with E-state index in [0.29, 0.717) is 0 Å². The molecule has 0 heterocycles. The van der Waals surface area contributed by atoms with E-state index in [0.717, 1.165) is 31.0 Å². The molecule has 0 rings (SSSR count). The molecule has 0 aliphatic rings. The van der Waals surface area contributed by atoms with E-state index in [2.05, 4.69) is 20.8 Å². The van der Waals surface area contributed by atoms with Crippen LogP contribution >= 0.6 is 0 Å². The fourth-order valence-electron chi connectivity index (χ4n) is 2.94. The molecule has 2 N–H and O–H groups in total. The van der Waals surface area contributed by atoms with Gasteiger partial charge in [-0.2, -0.15) is 0 Å². The van der Waals surface area contributed by atoms with Crippen molar-refractivity contribution in [3.8, 4) is 0 Å². The Labute approximate surface area is 108 Å². The van der Waals surface area contributed by atoms with Crippen LogP contribution in [-0.4, -0.2) is 30.5 Å². The van der Waals surface area contributed by atoms with Crippen molar-refractivity contribution in [1.29, 1.82) is 0 Å². The summed E-state index contributed by atoms with van der Waals surface area (Å²) in [6, 6.07) is 3.44. The van der Waals surface area contributed by atoms with Crippen molar-refractivity contribution in [3.63, 3.8) is 0 Å². The third kappa shape index (κ3) is 3.43. The van der Waals surface area contributed by atoms with Crippen LogP contribution in [0.15, 0.2) is 11.3 Å². The highest BCUT2D eigenvalue weighted by atomic mass is 28.3. The standard InChI is InChI=1S/C14H30O2Si/c1-6-14(16,7-2)13(11-12-15)17(8-3,9-4)10-5/h11,15-16H,6-10,12H2,1-5H3/b13-11-. The minimum absolute atomic E-state index is 0.0480. The molecule has 0 saturated heterocycles. The molecule has 0 spiro atoms. The van der Waals surface area contributed by atoms with Crippen LogP contribution in [-0.2, 0) is 0 Å². The van der Waals surface area contributed by atoms with Crippen molar-refractivity contribution in [2.75, 3.05) is 6.61 Å². The van der Waals surface area contributed by atoms with Crippen LogP contribution in [0.2, 0.25) is 18.1 Å². The first kappa shape index (κ1) is 16.9. The zero-order valence-corrected chi connectivity index (χ0v) is 13.2. The second-order valence-electron chi connectivity index (χ2n) is 4.88. The highest BCUT2D eigenvalue weighted by Crippen LogP contribution is 2.38. The molecule has 0 radical (unpaired) electrons. The van der Waals surface area contributed by atoms with Gasteiger partial charge in [-0.15, -0.1) is 0 Å². The summed E-state index contributed by atoms with van der Waals surface area (Å²) in [5.41, 5.74) is -0.697. The van der Waals surface area contributed by atoms with Crippen molar-refractivity contribution < 1.29 is 10.2 Å². The number of rotatable bonds is 8. The smallest absolute Gasteiger partial charge is 0.0841 e. The minimum atomic E-state index is -1.59. The summed E-state index contributed by atoms with van der Waals surface area (Å²) in [7, 11) is -1.59. The molecular weight excluding hydrogens is 228 g/mol. The van der Waals surface area contributed by atoms with Crippen molar-refractivity contribution in [1.82, 2.24) is 0 Å². The van der Waals surface area contributed by atoms with Gasteiger partial charge < -0.3 is 10.2 Å². The van der Waals surface area contributed by atoms with Gasteiger partial charge in [-0.1, -0.05) is 64.0 Å². The third-order valence-electron chi connectivity index (χ3n) is 4.57. The van der Waals surface area contributed by atoms with Crippen LogP contribution < -0.4 is 0 Å². The van der Waals surface area contributed by atoms with Gasteiger partial charge in [-0.25, -0.2) is 0 Å². The summed E-state index contributed by atoms with van der Waals surface area (Å²) in [5.74, 6) is 0. The average Bonchev–Trinajstić information content (AvgIpc) is 2.39. The number of aliphatic hydroxyl groups is 2. The maximum atomic E-state index is 10.8. The summed E-state index contributed by atoms with van der Waals surface area (Å²) < 4.78 is 0. The number of hydrogen-bond acceptors (Lipinski definition) is 2. The van der Waals surface area contributed by atoms with Crippen LogP contribution in [0.3, 0.4) is 0 Å². The van der Waals surface area contributed by atoms with E-state index in [1.54, 1.807) is 0 Å². The molecule has 0 amide bonds. The number of aliphatic hydroxyl groups excluding tert-OH is 1. The first-order valence-electron chi connectivity index (χ1n) is 7.04. The highest BCUT2D eigenvalue weighted by molar-refractivity contribution is 6.86. The lowest BCUT2D eigenvalue weighted by Gasteiger charge is -2.41. The Kier molecular flexibility index (Phi) is 7.29. The normalized spacial score (nSPS) is 14.2. The predicted octanol–water partition coefficient (Wildman–Crippen LogP) is 3.50. The molecule has 0 atom stereocenters. The van der Waals surface area contributed by atoms with Crippen molar-refractivity contribution in [3.05, 3.63) is 11.3 Å². The van der Waals surface area contributed by atoms with Crippen LogP contribution in [0.25, 0.3) is 0 Å². The monoisotopic (exact) mass is 258 g/mol. The van der Waals surface area contributed by atoms with E-state index >= 15 is 0 Å². The molecule has 0 fully saturated rings. The summed E-state index contributed by atoms with van der Waals surface area (Å²) >= 11 is 0. The Morgan fingerprint density at radius 3 is 1.65 bits per heavy atom. The van der Waals surface area contributed by atoms with Crippen molar-refractivity contribution in [2.24, 2.45) is 0 Å². The molecule has 0 saturated carbocycles. The Bertz CT molecular complexity index is 232. The lowest BCUT2D eigenvalue weighted by atomic mass is 9.96. The van der Waals surface area contributed by atoms with Gasteiger partial charge in [-0.05, 0) is 12.8 Å². The summed E-state index contributed by atoms with van der Waals surface area (Å²) in [6.07, 6.45) is 3.38. The zero-order chi connectivity index (χ0) is 13.5. The first-order chi connectivity index (χ1) is 8.00. The molecule has 2 nitrogen and oxygen atoms in total. The Morgan fingerprint density at radius 2 is 1.41 bits per heavy atom. The van der Waals surface area contributed by atoms with Gasteiger partial charge in [0, 0.05) is 0 Å².